The molecule has 3 heterocycles. The molecule has 168 valence electrons. The van der Waals surface area contributed by atoms with Crippen LogP contribution in [-0.4, -0.2) is 61.4 Å². The molecule has 3 aliphatic rings. The molecule has 0 N–H and O–H groups in total. The Morgan fingerprint density at radius 2 is 1.88 bits per heavy atom. The third-order valence-electron chi connectivity index (χ3n) is 6.11. The van der Waals surface area contributed by atoms with Gasteiger partial charge in [-0.05, 0) is 74.4 Å². The first kappa shape index (κ1) is 22.1. The number of piperidine rings is 1. The molecule has 0 unspecified atom stereocenters. The summed E-state index contributed by atoms with van der Waals surface area (Å²) in [6.45, 7) is 3.09. The topological polar surface area (TPSA) is 36.0 Å². The summed E-state index contributed by atoms with van der Waals surface area (Å²) in [5, 5.41) is 0. The van der Waals surface area contributed by atoms with Crippen LogP contribution in [0.2, 0.25) is 0 Å². The van der Waals surface area contributed by atoms with E-state index in [0.717, 1.165) is 43.9 Å². The number of likely N-dealkylation sites (tertiary alicyclic amines) is 1. The molecule has 1 aromatic rings. The summed E-state index contributed by atoms with van der Waals surface area (Å²) in [6.07, 6.45) is 15.5. The molecule has 0 atom stereocenters. The Labute approximate surface area is 189 Å². The highest BCUT2D eigenvalue weighted by Crippen LogP contribution is 2.29. The van der Waals surface area contributed by atoms with Gasteiger partial charge in [0.25, 0.3) is 5.91 Å². The van der Waals surface area contributed by atoms with Crippen molar-refractivity contribution >= 4 is 11.5 Å². The third kappa shape index (κ3) is 4.86. The molecule has 1 fully saturated rings. The molecule has 0 saturated carbocycles. The van der Waals surface area contributed by atoms with E-state index in [1.54, 1.807) is 23.1 Å². The average molecular weight is 436 g/mol. The summed E-state index contributed by atoms with van der Waals surface area (Å²) < 4.78 is 19.2. The number of hydrogen-bond acceptors (Lipinski definition) is 4. The van der Waals surface area contributed by atoms with Crippen LogP contribution in [0.1, 0.15) is 18.4 Å². The maximum atomic E-state index is 14.2. The molecule has 3 aliphatic heterocycles. The Kier molecular flexibility index (Phi) is 6.61. The number of hydrogen-bond donors (Lipinski definition) is 0. The minimum atomic E-state index is -0.453. The Bertz CT molecular complexity index is 1030. The van der Waals surface area contributed by atoms with E-state index in [1.165, 1.54) is 13.2 Å². The minimum Gasteiger partial charge on any atom is -0.494 e. The van der Waals surface area contributed by atoms with Gasteiger partial charge in [0.05, 0.1) is 12.8 Å². The van der Waals surface area contributed by atoms with Crippen LogP contribution in [0.5, 0.6) is 5.75 Å². The molecular weight excluding hydrogens is 405 g/mol. The van der Waals surface area contributed by atoms with Gasteiger partial charge in [-0.25, -0.2) is 4.39 Å². The number of amides is 1. The molecule has 1 amide bonds. The second kappa shape index (κ2) is 9.57. The number of halogens is 1. The molecule has 0 spiro atoms. The Morgan fingerprint density at radius 1 is 1.12 bits per heavy atom. The number of benzene rings is 1. The Balaban J connectivity index is 1.53. The molecule has 6 heteroatoms. The van der Waals surface area contributed by atoms with Crippen molar-refractivity contribution < 1.29 is 13.9 Å². The molecule has 32 heavy (non-hydrogen) atoms. The second-order valence-corrected chi connectivity index (χ2v) is 8.69. The van der Waals surface area contributed by atoms with Crippen molar-refractivity contribution in [2.45, 2.75) is 12.8 Å². The van der Waals surface area contributed by atoms with Gasteiger partial charge in [-0.15, -0.1) is 0 Å². The lowest BCUT2D eigenvalue weighted by molar-refractivity contribution is -0.122. The van der Waals surface area contributed by atoms with Gasteiger partial charge in [0.15, 0.2) is 11.6 Å². The van der Waals surface area contributed by atoms with E-state index in [2.05, 4.69) is 30.0 Å². The van der Waals surface area contributed by atoms with Crippen LogP contribution >= 0.6 is 0 Å². The summed E-state index contributed by atoms with van der Waals surface area (Å²) in [7, 11) is 5.68. The van der Waals surface area contributed by atoms with E-state index in [-0.39, 0.29) is 11.7 Å². The van der Waals surface area contributed by atoms with Gasteiger partial charge in [0, 0.05) is 37.6 Å². The zero-order valence-electron chi connectivity index (χ0n) is 18.9. The second-order valence-electron chi connectivity index (χ2n) is 8.69. The number of carbonyl (C=O) groups excluding carboxylic acids is 1. The van der Waals surface area contributed by atoms with Crippen molar-refractivity contribution in [3.05, 3.63) is 83.6 Å². The highest BCUT2D eigenvalue weighted by atomic mass is 19.1. The predicted molar refractivity (Wildman–Crippen MR) is 125 cm³/mol. The zero-order chi connectivity index (χ0) is 22.7. The molecule has 0 bridgehead atoms. The van der Waals surface area contributed by atoms with Gasteiger partial charge in [-0.2, -0.15) is 0 Å². The molecule has 5 nitrogen and oxygen atoms in total. The van der Waals surface area contributed by atoms with Crippen LogP contribution in [0.15, 0.2) is 72.2 Å². The summed E-state index contributed by atoms with van der Waals surface area (Å²) >= 11 is 0. The van der Waals surface area contributed by atoms with E-state index < -0.39 is 5.82 Å². The van der Waals surface area contributed by atoms with Crippen LogP contribution in [-0.2, 0) is 4.79 Å². The molecule has 4 rings (SSSR count). The quantitative estimate of drug-likeness (QED) is 0.695. The lowest BCUT2D eigenvalue weighted by atomic mass is 9.96. The lowest BCUT2D eigenvalue weighted by Crippen LogP contribution is -2.38. The number of ether oxygens (including phenoxy) is 1. The van der Waals surface area contributed by atoms with Gasteiger partial charge in [-0.3, -0.25) is 9.69 Å². The normalized spacial score (nSPS) is 20.9. The fourth-order valence-corrected chi connectivity index (χ4v) is 4.43. The number of nitrogens with zero attached hydrogens (tertiary/aromatic N) is 3. The van der Waals surface area contributed by atoms with Crippen molar-refractivity contribution in [2.24, 2.45) is 5.92 Å². The molecular formula is C26H30FN3O2. The number of carbonyl (C=O) groups is 1. The Hall–Kier alpha value is -3.12. The van der Waals surface area contributed by atoms with E-state index >= 15 is 0 Å². The summed E-state index contributed by atoms with van der Waals surface area (Å²) in [5.41, 5.74) is 3.15. The fraction of sp³-hybridized carbons (Fsp3) is 0.346. The molecule has 0 aliphatic carbocycles. The average Bonchev–Trinajstić information content (AvgIpc) is 2.77. The highest BCUT2D eigenvalue weighted by Gasteiger charge is 2.24. The van der Waals surface area contributed by atoms with Crippen LogP contribution in [0.3, 0.4) is 0 Å². The number of fused-ring (bicyclic) bond motifs is 1. The van der Waals surface area contributed by atoms with Crippen molar-refractivity contribution in [3.8, 4) is 5.75 Å². The van der Waals surface area contributed by atoms with Crippen molar-refractivity contribution in [1.29, 1.82) is 0 Å². The summed E-state index contributed by atoms with van der Waals surface area (Å²) in [4.78, 5) is 19.4. The van der Waals surface area contributed by atoms with Gasteiger partial charge in [-0.1, -0.05) is 18.2 Å². The predicted octanol–water partition coefficient (Wildman–Crippen LogP) is 4.18. The molecule has 0 radical (unpaired) electrons. The first-order chi connectivity index (χ1) is 15.4. The summed E-state index contributed by atoms with van der Waals surface area (Å²) in [6, 6.07) is 4.72. The van der Waals surface area contributed by atoms with Gasteiger partial charge in [0.2, 0.25) is 0 Å². The monoisotopic (exact) mass is 435 g/mol. The smallest absolute Gasteiger partial charge is 0.255 e. The maximum absolute atomic E-state index is 14.2. The number of rotatable bonds is 5. The largest absolute Gasteiger partial charge is 0.494 e. The van der Waals surface area contributed by atoms with Crippen LogP contribution in [0.25, 0.3) is 5.57 Å². The molecule has 0 aromatic heterocycles. The van der Waals surface area contributed by atoms with E-state index in [4.69, 9.17) is 4.74 Å². The first-order valence-corrected chi connectivity index (χ1v) is 11.0. The standard InChI is InChI=1S/C26H30FN3O2/c1-28(2)17-19-11-13-29(14-12-19)23-9-8-22-6-4-5-20(16-26(31)30(22)18-23)21-7-10-25(32-3)24(27)15-21/h4-10,15-16,18-19H,11-14,17H2,1-3H3/b5-4?,20-16?,22-6+. The Morgan fingerprint density at radius 3 is 2.56 bits per heavy atom. The molecule has 1 saturated heterocycles. The van der Waals surface area contributed by atoms with E-state index in [0.29, 0.717) is 17.1 Å². The maximum Gasteiger partial charge on any atom is 0.255 e. The minimum absolute atomic E-state index is 0.156. The number of methoxy groups -OCH3 is 1. The third-order valence-corrected chi connectivity index (χ3v) is 6.11. The van der Waals surface area contributed by atoms with Crippen molar-refractivity contribution in [3.63, 3.8) is 0 Å². The van der Waals surface area contributed by atoms with Crippen LogP contribution < -0.4 is 4.74 Å². The zero-order valence-corrected chi connectivity index (χ0v) is 18.9. The van der Waals surface area contributed by atoms with Crippen molar-refractivity contribution in [2.75, 3.05) is 40.8 Å². The fourth-order valence-electron chi connectivity index (χ4n) is 4.43. The summed E-state index contributed by atoms with van der Waals surface area (Å²) in [5.74, 6) is 0.288. The lowest BCUT2D eigenvalue weighted by Gasteiger charge is -2.37. The van der Waals surface area contributed by atoms with Gasteiger partial charge >= 0.3 is 0 Å². The van der Waals surface area contributed by atoms with Gasteiger partial charge < -0.3 is 14.5 Å². The number of allylic oxidation sites excluding steroid dienone is 6. The SMILES string of the molecule is COc1ccc(C2=CC(=O)N3C=C(N4CCC(CN(C)C)CC4)C=C/C3=C\C=C2)cc1F. The van der Waals surface area contributed by atoms with Gasteiger partial charge in [0.1, 0.15) is 0 Å². The van der Waals surface area contributed by atoms with Crippen LogP contribution in [0, 0.1) is 11.7 Å². The van der Waals surface area contributed by atoms with E-state index in [9.17, 15) is 9.18 Å². The van der Waals surface area contributed by atoms with Crippen molar-refractivity contribution in [1.82, 2.24) is 14.7 Å². The van der Waals surface area contributed by atoms with Crippen LogP contribution in [0.4, 0.5) is 4.39 Å². The molecule has 1 aromatic carbocycles. The first-order valence-electron chi connectivity index (χ1n) is 11.0. The van der Waals surface area contributed by atoms with E-state index in [1.807, 2.05) is 30.5 Å². The highest BCUT2D eigenvalue weighted by molar-refractivity contribution is 5.99.